The molecule has 1 aromatic carbocycles. The summed E-state index contributed by atoms with van der Waals surface area (Å²) in [4.78, 5) is 28.8. The molecular weight excluding hydrogens is 352 g/mol. The van der Waals surface area contributed by atoms with Crippen LogP contribution >= 0.6 is 0 Å². The molecule has 128 valence electrons. The molecule has 1 aliphatic heterocycles. The van der Waals surface area contributed by atoms with Gasteiger partial charge in [-0.15, -0.1) is 0 Å². The number of H-pyrrole nitrogens is 1. The summed E-state index contributed by atoms with van der Waals surface area (Å²) >= 11 is 0. The van der Waals surface area contributed by atoms with Gasteiger partial charge in [0.2, 0.25) is 0 Å². The predicted molar refractivity (Wildman–Crippen MR) is 86.0 cm³/mol. The topological polar surface area (TPSA) is 143 Å². The smallest absolute Gasteiger partial charge is 0.417 e. The maximum atomic E-state index is 12.5. The van der Waals surface area contributed by atoms with Gasteiger partial charge < -0.3 is 14.5 Å². The molecule has 1 aliphatic rings. The number of pyridine rings is 1. The Morgan fingerprint density at radius 1 is 1.16 bits per heavy atom. The van der Waals surface area contributed by atoms with Crippen molar-refractivity contribution in [3.05, 3.63) is 40.9 Å². The number of aromatic amines is 1. The SMILES string of the molecule is O=C1COc2ccc(NS(=O)(=O)c3ccc4[nH]c(=O)oc4c3)nc2N1. The van der Waals surface area contributed by atoms with E-state index in [4.69, 9.17) is 9.15 Å². The van der Waals surface area contributed by atoms with Crippen LogP contribution in [0.5, 0.6) is 5.75 Å². The van der Waals surface area contributed by atoms with E-state index in [2.05, 4.69) is 20.0 Å². The van der Waals surface area contributed by atoms with E-state index in [1.807, 2.05) is 0 Å². The maximum absolute atomic E-state index is 12.5. The van der Waals surface area contributed by atoms with E-state index in [1.54, 1.807) is 0 Å². The molecule has 2 aromatic heterocycles. The minimum atomic E-state index is -3.98. The molecule has 0 saturated carbocycles. The molecule has 0 radical (unpaired) electrons. The average molecular weight is 362 g/mol. The molecule has 3 N–H and O–H groups in total. The molecular formula is C14H10N4O6S. The van der Waals surface area contributed by atoms with Crippen LogP contribution in [0.2, 0.25) is 0 Å². The number of ether oxygens (including phenoxy) is 1. The number of aromatic nitrogens is 2. The summed E-state index contributed by atoms with van der Waals surface area (Å²) in [5, 5.41) is 2.49. The summed E-state index contributed by atoms with van der Waals surface area (Å²) in [5.41, 5.74) is 0.502. The maximum Gasteiger partial charge on any atom is 0.417 e. The second-order valence-corrected chi connectivity index (χ2v) is 6.84. The first-order chi connectivity index (χ1) is 11.9. The van der Waals surface area contributed by atoms with Gasteiger partial charge in [-0.1, -0.05) is 0 Å². The van der Waals surface area contributed by atoms with Crippen molar-refractivity contribution in [3.8, 4) is 5.75 Å². The number of amides is 1. The van der Waals surface area contributed by atoms with Gasteiger partial charge in [0.05, 0.1) is 10.4 Å². The lowest BCUT2D eigenvalue weighted by Crippen LogP contribution is -2.26. The number of nitrogens with zero attached hydrogens (tertiary/aromatic N) is 1. The molecule has 0 saturated heterocycles. The Morgan fingerprint density at radius 3 is 2.84 bits per heavy atom. The fraction of sp³-hybridized carbons (Fsp3) is 0.0714. The van der Waals surface area contributed by atoms with E-state index in [1.165, 1.54) is 30.3 Å². The standard InChI is InChI=1S/C14H10N4O6S/c19-12-6-23-9-3-4-11(16-13(9)17-12)18-25(21,22)7-1-2-8-10(5-7)24-14(20)15-8/h1-5H,6H2,(H,15,20)(H2,16,17,18,19). The third-order valence-electron chi connectivity index (χ3n) is 3.42. The Bertz CT molecular complexity index is 1160. The Hall–Kier alpha value is -3.34. The summed E-state index contributed by atoms with van der Waals surface area (Å²) in [6.45, 7) is -0.123. The zero-order chi connectivity index (χ0) is 17.6. The van der Waals surface area contributed by atoms with E-state index < -0.39 is 15.8 Å². The predicted octanol–water partition coefficient (Wildman–Crippen LogP) is 0.648. The first-order valence-electron chi connectivity index (χ1n) is 7.00. The number of hydrogen-bond donors (Lipinski definition) is 3. The minimum Gasteiger partial charge on any atom is -0.480 e. The molecule has 0 spiro atoms. The number of anilines is 2. The van der Waals surface area contributed by atoms with E-state index in [0.717, 1.165) is 0 Å². The zero-order valence-electron chi connectivity index (χ0n) is 12.4. The number of carbonyl (C=O) groups is 1. The third kappa shape index (κ3) is 2.80. The van der Waals surface area contributed by atoms with Crippen LogP contribution in [0.25, 0.3) is 11.1 Å². The van der Waals surface area contributed by atoms with E-state index in [0.29, 0.717) is 11.3 Å². The minimum absolute atomic E-state index is 0.000156. The lowest BCUT2D eigenvalue weighted by molar-refractivity contribution is -0.118. The molecule has 0 atom stereocenters. The van der Waals surface area contributed by atoms with Crippen LogP contribution in [-0.2, 0) is 14.8 Å². The molecule has 0 aliphatic carbocycles. The molecule has 0 bridgehead atoms. The van der Waals surface area contributed by atoms with Gasteiger partial charge in [-0.3, -0.25) is 14.5 Å². The average Bonchev–Trinajstić information content (AvgIpc) is 2.93. The Labute approximate surface area is 139 Å². The highest BCUT2D eigenvalue weighted by molar-refractivity contribution is 7.92. The first kappa shape index (κ1) is 15.2. The van der Waals surface area contributed by atoms with Crippen molar-refractivity contribution in [2.24, 2.45) is 0 Å². The van der Waals surface area contributed by atoms with Crippen LogP contribution in [0.15, 0.2) is 44.4 Å². The number of oxazole rings is 1. The van der Waals surface area contributed by atoms with Gasteiger partial charge in [-0.05, 0) is 24.3 Å². The molecule has 10 nitrogen and oxygen atoms in total. The number of hydrogen-bond acceptors (Lipinski definition) is 7. The van der Waals surface area contributed by atoms with Crippen molar-refractivity contribution in [3.63, 3.8) is 0 Å². The third-order valence-corrected chi connectivity index (χ3v) is 4.77. The van der Waals surface area contributed by atoms with Gasteiger partial charge in [-0.25, -0.2) is 18.2 Å². The fourth-order valence-corrected chi connectivity index (χ4v) is 3.33. The molecule has 4 rings (SSSR count). The summed E-state index contributed by atoms with van der Waals surface area (Å²) in [6.07, 6.45) is 0. The molecule has 25 heavy (non-hydrogen) atoms. The van der Waals surface area contributed by atoms with Crippen molar-refractivity contribution in [2.75, 3.05) is 16.6 Å². The van der Waals surface area contributed by atoms with E-state index in [9.17, 15) is 18.0 Å². The van der Waals surface area contributed by atoms with Crippen LogP contribution in [-0.4, -0.2) is 30.9 Å². The van der Waals surface area contributed by atoms with E-state index in [-0.39, 0.29) is 34.6 Å². The Balaban J connectivity index is 1.67. The molecule has 0 unspecified atom stereocenters. The number of sulfonamides is 1. The van der Waals surface area contributed by atoms with Crippen molar-refractivity contribution < 1.29 is 22.4 Å². The van der Waals surface area contributed by atoms with Gasteiger partial charge in [0.25, 0.3) is 15.9 Å². The monoisotopic (exact) mass is 362 g/mol. The number of benzene rings is 1. The van der Waals surface area contributed by atoms with Crippen LogP contribution in [0, 0.1) is 0 Å². The summed E-state index contributed by atoms with van der Waals surface area (Å²) in [6, 6.07) is 6.86. The van der Waals surface area contributed by atoms with Gasteiger partial charge in [0.1, 0.15) is 5.82 Å². The van der Waals surface area contributed by atoms with Crippen molar-refractivity contribution in [2.45, 2.75) is 4.90 Å². The fourth-order valence-electron chi connectivity index (χ4n) is 2.31. The van der Waals surface area contributed by atoms with Crippen LogP contribution < -0.4 is 20.5 Å². The first-order valence-corrected chi connectivity index (χ1v) is 8.48. The van der Waals surface area contributed by atoms with Crippen molar-refractivity contribution >= 4 is 38.7 Å². The highest BCUT2D eigenvalue weighted by atomic mass is 32.2. The lowest BCUT2D eigenvalue weighted by atomic mass is 10.3. The molecule has 3 aromatic rings. The number of rotatable bonds is 3. The summed E-state index contributed by atoms with van der Waals surface area (Å²) in [5.74, 6) is -0.584. The summed E-state index contributed by atoms with van der Waals surface area (Å²) in [7, 11) is -3.98. The molecule has 11 heteroatoms. The highest BCUT2D eigenvalue weighted by Crippen LogP contribution is 2.28. The van der Waals surface area contributed by atoms with Gasteiger partial charge in [0.15, 0.2) is 23.8 Å². The lowest BCUT2D eigenvalue weighted by Gasteiger charge is -2.17. The van der Waals surface area contributed by atoms with Crippen LogP contribution in [0.1, 0.15) is 0 Å². The largest absolute Gasteiger partial charge is 0.480 e. The highest BCUT2D eigenvalue weighted by Gasteiger charge is 2.21. The Kier molecular flexibility index (Phi) is 3.25. The molecule has 1 amide bonds. The van der Waals surface area contributed by atoms with Gasteiger partial charge in [0, 0.05) is 6.07 Å². The van der Waals surface area contributed by atoms with Gasteiger partial charge in [-0.2, -0.15) is 0 Å². The molecule has 3 heterocycles. The van der Waals surface area contributed by atoms with Crippen molar-refractivity contribution in [1.29, 1.82) is 0 Å². The zero-order valence-corrected chi connectivity index (χ0v) is 13.2. The van der Waals surface area contributed by atoms with Crippen LogP contribution in [0.3, 0.4) is 0 Å². The Morgan fingerprint density at radius 2 is 2.00 bits per heavy atom. The van der Waals surface area contributed by atoms with Crippen molar-refractivity contribution in [1.82, 2.24) is 9.97 Å². The molecule has 0 fully saturated rings. The summed E-state index contributed by atoms with van der Waals surface area (Å²) < 4.78 is 37.3. The number of nitrogens with one attached hydrogen (secondary N) is 3. The second kappa shape index (κ2) is 5.34. The normalized spacial score (nSPS) is 13.8. The van der Waals surface area contributed by atoms with E-state index >= 15 is 0 Å². The van der Waals surface area contributed by atoms with Gasteiger partial charge >= 0.3 is 5.76 Å². The second-order valence-electron chi connectivity index (χ2n) is 5.16. The quantitative estimate of drug-likeness (QED) is 0.620. The number of carbonyl (C=O) groups excluding carboxylic acids is 1. The number of fused-ring (bicyclic) bond motifs is 2. The van der Waals surface area contributed by atoms with Crippen LogP contribution in [0.4, 0.5) is 11.6 Å².